The number of hydrogen-bond donors (Lipinski definition) is 2. The highest BCUT2D eigenvalue weighted by Crippen LogP contribution is 2.06. The van der Waals surface area contributed by atoms with Gasteiger partial charge in [-0.2, -0.15) is 0 Å². The number of alkyl carbamates (subject to hydrolysis) is 1. The molecule has 6 heteroatoms. The number of methoxy groups -OCH3 is 2. The summed E-state index contributed by atoms with van der Waals surface area (Å²) in [5.74, 6) is 0. The number of hydrogen-bond acceptors (Lipinski definition) is 5. The zero-order chi connectivity index (χ0) is 15.6. The summed E-state index contributed by atoms with van der Waals surface area (Å²) < 4.78 is 15.5. The largest absolute Gasteiger partial charge is 0.444 e. The molecule has 0 bridgehead atoms. The number of carbonyl (C=O) groups excluding carboxylic acids is 1. The van der Waals surface area contributed by atoms with Crippen LogP contribution in [-0.4, -0.2) is 51.3 Å². The third kappa shape index (κ3) is 10.00. The van der Waals surface area contributed by atoms with Crippen LogP contribution >= 0.6 is 0 Å². The molecule has 0 saturated heterocycles. The molecule has 0 aliphatic carbocycles. The molecule has 0 heterocycles. The van der Waals surface area contributed by atoms with E-state index in [2.05, 4.69) is 17.6 Å². The Bertz CT molecular complexity index is 262. The third-order valence-corrected chi connectivity index (χ3v) is 2.63. The summed E-state index contributed by atoms with van der Waals surface area (Å²) in [7, 11) is 3.20. The summed E-state index contributed by atoms with van der Waals surface area (Å²) in [6, 6.07) is 0.167. The van der Waals surface area contributed by atoms with Crippen molar-refractivity contribution in [2.24, 2.45) is 0 Å². The Balaban J connectivity index is 4.10. The SMILES string of the molecule is CCCC(CNC(=O)OC(C)(C)C)NCC(OC)OC. The van der Waals surface area contributed by atoms with Crippen molar-refractivity contribution in [2.75, 3.05) is 27.3 Å². The molecule has 6 nitrogen and oxygen atoms in total. The molecule has 1 amide bonds. The Morgan fingerprint density at radius 3 is 2.20 bits per heavy atom. The fraction of sp³-hybridized carbons (Fsp3) is 0.929. The molecule has 2 N–H and O–H groups in total. The lowest BCUT2D eigenvalue weighted by Crippen LogP contribution is -2.45. The Morgan fingerprint density at radius 1 is 1.15 bits per heavy atom. The lowest BCUT2D eigenvalue weighted by Gasteiger charge is -2.23. The summed E-state index contributed by atoms with van der Waals surface area (Å²) in [5.41, 5.74) is -0.477. The van der Waals surface area contributed by atoms with Gasteiger partial charge in [-0.25, -0.2) is 4.79 Å². The van der Waals surface area contributed by atoms with Gasteiger partial charge in [0.05, 0.1) is 0 Å². The molecule has 0 fully saturated rings. The predicted molar refractivity (Wildman–Crippen MR) is 78.7 cm³/mol. The van der Waals surface area contributed by atoms with Crippen molar-refractivity contribution >= 4 is 6.09 Å². The fourth-order valence-corrected chi connectivity index (χ4v) is 1.67. The number of rotatable bonds is 9. The van der Waals surface area contributed by atoms with Gasteiger partial charge < -0.3 is 24.8 Å². The van der Waals surface area contributed by atoms with Crippen molar-refractivity contribution in [3.8, 4) is 0 Å². The first-order valence-corrected chi connectivity index (χ1v) is 7.08. The molecule has 120 valence electrons. The summed E-state index contributed by atoms with van der Waals surface area (Å²) >= 11 is 0. The Labute approximate surface area is 122 Å². The zero-order valence-electron chi connectivity index (χ0n) is 13.6. The molecular weight excluding hydrogens is 260 g/mol. The maximum atomic E-state index is 11.6. The summed E-state index contributed by atoms with van der Waals surface area (Å²) in [5, 5.41) is 6.10. The standard InChI is InChI=1S/C14H30N2O4/c1-7-8-11(15-10-12(18-5)19-6)9-16-13(17)20-14(2,3)4/h11-12,15H,7-10H2,1-6H3,(H,16,17). The Kier molecular flexibility index (Phi) is 9.54. The van der Waals surface area contributed by atoms with Crippen LogP contribution in [0.25, 0.3) is 0 Å². The lowest BCUT2D eigenvalue weighted by molar-refractivity contribution is -0.0999. The van der Waals surface area contributed by atoms with Crippen LogP contribution < -0.4 is 10.6 Å². The molecule has 0 aromatic carbocycles. The highest BCUT2D eigenvalue weighted by Gasteiger charge is 2.17. The number of ether oxygens (including phenoxy) is 3. The molecular formula is C14H30N2O4. The van der Waals surface area contributed by atoms with Gasteiger partial charge in [0, 0.05) is 33.4 Å². The van der Waals surface area contributed by atoms with E-state index < -0.39 is 11.7 Å². The average Bonchev–Trinajstić information content (AvgIpc) is 2.34. The van der Waals surface area contributed by atoms with E-state index in [1.807, 2.05) is 20.8 Å². The normalized spacial score (nSPS) is 13.3. The van der Waals surface area contributed by atoms with Crippen molar-refractivity contribution in [3.63, 3.8) is 0 Å². The van der Waals surface area contributed by atoms with Crippen molar-refractivity contribution in [1.82, 2.24) is 10.6 Å². The first kappa shape index (κ1) is 19.1. The van der Waals surface area contributed by atoms with Gasteiger partial charge >= 0.3 is 6.09 Å². The van der Waals surface area contributed by atoms with Gasteiger partial charge in [-0.3, -0.25) is 0 Å². The van der Waals surface area contributed by atoms with Gasteiger partial charge in [-0.05, 0) is 27.2 Å². The summed E-state index contributed by atoms with van der Waals surface area (Å²) in [4.78, 5) is 11.6. The van der Waals surface area contributed by atoms with Gasteiger partial charge in [0.25, 0.3) is 0 Å². The third-order valence-electron chi connectivity index (χ3n) is 2.63. The van der Waals surface area contributed by atoms with E-state index >= 15 is 0 Å². The second-order valence-electron chi connectivity index (χ2n) is 5.68. The number of nitrogens with one attached hydrogen (secondary N) is 2. The topological polar surface area (TPSA) is 68.8 Å². The van der Waals surface area contributed by atoms with Crippen molar-refractivity contribution < 1.29 is 19.0 Å². The molecule has 0 aromatic rings. The van der Waals surface area contributed by atoms with Crippen LogP contribution in [0.3, 0.4) is 0 Å². The zero-order valence-corrected chi connectivity index (χ0v) is 13.6. The second-order valence-corrected chi connectivity index (χ2v) is 5.68. The molecule has 0 aliphatic heterocycles. The maximum absolute atomic E-state index is 11.6. The van der Waals surface area contributed by atoms with E-state index in [-0.39, 0.29) is 12.3 Å². The fourth-order valence-electron chi connectivity index (χ4n) is 1.67. The minimum absolute atomic E-state index is 0.167. The van der Waals surface area contributed by atoms with Crippen molar-refractivity contribution in [1.29, 1.82) is 0 Å². The summed E-state index contributed by atoms with van der Waals surface area (Å²) in [6.45, 7) is 8.73. The molecule has 0 aromatic heterocycles. The van der Waals surface area contributed by atoms with Crippen molar-refractivity contribution in [3.05, 3.63) is 0 Å². The average molecular weight is 290 g/mol. The number of carbonyl (C=O) groups is 1. The molecule has 0 aliphatic rings. The van der Waals surface area contributed by atoms with Crippen LogP contribution in [0.1, 0.15) is 40.5 Å². The van der Waals surface area contributed by atoms with Crippen LogP contribution in [0.5, 0.6) is 0 Å². The van der Waals surface area contributed by atoms with E-state index in [1.165, 1.54) is 0 Å². The Hall–Kier alpha value is -0.850. The molecule has 1 unspecified atom stereocenters. The first-order chi connectivity index (χ1) is 9.32. The van der Waals surface area contributed by atoms with Crippen LogP contribution in [0.15, 0.2) is 0 Å². The molecule has 0 radical (unpaired) electrons. The minimum atomic E-state index is -0.477. The highest BCUT2D eigenvalue weighted by molar-refractivity contribution is 5.67. The van der Waals surface area contributed by atoms with Crippen LogP contribution in [0.2, 0.25) is 0 Å². The number of amides is 1. The minimum Gasteiger partial charge on any atom is -0.444 e. The van der Waals surface area contributed by atoms with Crippen LogP contribution in [0.4, 0.5) is 4.79 Å². The van der Waals surface area contributed by atoms with E-state index in [1.54, 1.807) is 14.2 Å². The maximum Gasteiger partial charge on any atom is 0.407 e. The monoisotopic (exact) mass is 290 g/mol. The van der Waals surface area contributed by atoms with E-state index in [9.17, 15) is 4.79 Å². The lowest BCUT2D eigenvalue weighted by atomic mass is 10.1. The quantitative estimate of drug-likeness (QED) is 0.635. The van der Waals surface area contributed by atoms with Gasteiger partial charge in [0.15, 0.2) is 6.29 Å². The van der Waals surface area contributed by atoms with Crippen LogP contribution in [-0.2, 0) is 14.2 Å². The first-order valence-electron chi connectivity index (χ1n) is 7.08. The van der Waals surface area contributed by atoms with Gasteiger partial charge in [-0.1, -0.05) is 13.3 Å². The summed E-state index contributed by atoms with van der Waals surface area (Å²) in [6.07, 6.45) is 1.31. The van der Waals surface area contributed by atoms with Gasteiger partial charge in [0.1, 0.15) is 5.60 Å². The highest BCUT2D eigenvalue weighted by atomic mass is 16.7. The van der Waals surface area contributed by atoms with E-state index in [0.29, 0.717) is 13.1 Å². The van der Waals surface area contributed by atoms with E-state index in [4.69, 9.17) is 14.2 Å². The van der Waals surface area contributed by atoms with Crippen LogP contribution in [0, 0.1) is 0 Å². The van der Waals surface area contributed by atoms with Crippen molar-refractivity contribution in [2.45, 2.75) is 58.5 Å². The van der Waals surface area contributed by atoms with Gasteiger partial charge in [0.2, 0.25) is 0 Å². The predicted octanol–water partition coefficient (Wildman–Crippen LogP) is 1.89. The molecule has 0 saturated carbocycles. The Morgan fingerprint density at radius 2 is 1.75 bits per heavy atom. The van der Waals surface area contributed by atoms with E-state index in [0.717, 1.165) is 12.8 Å². The smallest absolute Gasteiger partial charge is 0.407 e. The molecule has 1 atom stereocenters. The van der Waals surface area contributed by atoms with Gasteiger partial charge in [-0.15, -0.1) is 0 Å². The molecule has 0 rings (SSSR count). The molecule has 0 spiro atoms. The second kappa shape index (κ2) is 9.96. The molecule has 20 heavy (non-hydrogen) atoms.